The fourth-order valence-corrected chi connectivity index (χ4v) is 4.67. The number of aromatic nitrogens is 2. The number of amides is 3. The monoisotopic (exact) mass is 459 g/mol. The Morgan fingerprint density at radius 2 is 1.71 bits per heavy atom. The maximum absolute atomic E-state index is 13.4. The van der Waals surface area contributed by atoms with Crippen molar-refractivity contribution in [2.45, 2.75) is 31.7 Å². The second-order valence-corrected chi connectivity index (χ2v) is 9.05. The fraction of sp³-hybridized carbons (Fsp3) is 0.385. The maximum Gasteiger partial charge on any atom is 0.275 e. The first-order valence-electron chi connectivity index (χ1n) is 12.0. The van der Waals surface area contributed by atoms with Gasteiger partial charge in [0.25, 0.3) is 5.91 Å². The van der Waals surface area contributed by atoms with Crippen molar-refractivity contribution in [1.82, 2.24) is 25.3 Å². The number of hydrogen-bond acceptors (Lipinski definition) is 4. The molecule has 1 saturated heterocycles. The van der Waals surface area contributed by atoms with Crippen LogP contribution in [0.5, 0.6) is 0 Å². The lowest BCUT2D eigenvalue weighted by molar-refractivity contribution is -0.136. The number of rotatable bonds is 3. The van der Waals surface area contributed by atoms with E-state index in [-0.39, 0.29) is 36.1 Å². The van der Waals surface area contributed by atoms with Crippen molar-refractivity contribution in [2.24, 2.45) is 5.92 Å². The zero-order valence-corrected chi connectivity index (χ0v) is 19.1. The minimum absolute atomic E-state index is 0.0487. The molecule has 5 rings (SSSR count). The van der Waals surface area contributed by atoms with Crippen LogP contribution >= 0.6 is 0 Å². The molecule has 1 saturated carbocycles. The number of para-hydroxylation sites is 1. The van der Waals surface area contributed by atoms with Gasteiger partial charge in [-0.15, -0.1) is 0 Å². The fourth-order valence-electron chi connectivity index (χ4n) is 4.67. The van der Waals surface area contributed by atoms with Crippen molar-refractivity contribution in [3.63, 3.8) is 0 Å². The summed E-state index contributed by atoms with van der Waals surface area (Å²) < 4.78 is 0. The number of nitrogens with one attached hydrogen (secondary N) is 2. The van der Waals surface area contributed by atoms with Gasteiger partial charge < -0.3 is 15.1 Å². The van der Waals surface area contributed by atoms with Gasteiger partial charge in [0.2, 0.25) is 11.8 Å². The van der Waals surface area contributed by atoms with E-state index in [0.717, 1.165) is 29.3 Å². The van der Waals surface area contributed by atoms with Gasteiger partial charge in [-0.05, 0) is 30.9 Å². The van der Waals surface area contributed by atoms with Crippen LogP contribution in [0.2, 0.25) is 0 Å². The zero-order chi connectivity index (χ0) is 23.5. The van der Waals surface area contributed by atoms with Crippen LogP contribution in [0.4, 0.5) is 0 Å². The topological polar surface area (TPSA) is 98.4 Å². The molecule has 8 heteroatoms. The van der Waals surface area contributed by atoms with Crippen molar-refractivity contribution in [1.29, 1.82) is 0 Å². The Bertz CT molecular complexity index is 1190. The van der Waals surface area contributed by atoms with Gasteiger partial charge in [-0.25, -0.2) is 0 Å². The highest BCUT2D eigenvalue weighted by Crippen LogP contribution is 2.35. The number of benzene rings is 2. The molecule has 2 aromatic carbocycles. The van der Waals surface area contributed by atoms with E-state index < -0.39 is 0 Å². The summed E-state index contributed by atoms with van der Waals surface area (Å²) in [7, 11) is 0. The average molecular weight is 460 g/mol. The molecule has 2 fully saturated rings. The van der Waals surface area contributed by atoms with Crippen LogP contribution < -0.4 is 5.32 Å². The molecule has 1 unspecified atom stereocenters. The quantitative estimate of drug-likeness (QED) is 0.629. The second-order valence-electron chi connectivity index (χ2n) is 9.05. The Balaban J connectivity index is 1.39. The summed E-state index contributed by atoms with van der Waals surface area (Å²) in [4.78, 5) is 43.1. The van der Waals surface area contributed by atoms with E-state index >= 15 is 0 Å². The van der Waals surface area contributed by atoms with Crippen molar-refractivity contribution >= 4 is 28.6 Å². The van der Waals surface area contributed by atoms with Gasteiger partial charge in [-0.2, -0.15) is 5.10 Å². The first-order valence-corrected chi connectivity index (χ1v) is 12.0. The van der Waals surface area contributed by atoms with E-state index in [1.807, 2.05) is 59.5 Å². The van der Waals surface area contributed by atoms with Crippen LogP contribution in [-0.4, -0.2) is 63.9 Å². The summed E-state index contributed by atoms with van der Waals surface area (Å²) in [6, 6.07) is 17.0. The second kappa shape index (κ2) is 9.67. The van der Waals surface area contributed by atoms with Crippen LogP contribution in [0.3, 0.4) is 0 Å². The number of nitrogens with zero attached hydrogens (tertiary/aromatic N) is 3. The highest BCUT2D eigenvalue weighted by atomic mass is 16.2. The van der Waals surface area contributed by atoms with Gasteiger partial charge in [0, 0.05) is 37.5 Å². The molecule has 34 heavy (non-hydrogen) atoms. The molecule has 0 spiro atoms. The summed E-state index contributed by atoms with van der Waals surface area (Å²) in [5, 5.41) is 10.9. The van der Waals surface area contributed by atoms with Crippen LogP contribution in [-0.2, 0) is 9.59 Å². The molecule has 1 atom stereocenters. The molecule has 176 valence electrons. The molecule has 0 radical (unpaired) electrons. The number of carbonyl (C=O) groups is 3. The third-order valence-corrected chi connectivity index (χ3v) is 6.64. The van der Waals surface area contributed by atoms with Gasteiger partial charge >= 0.3 is 0 Å². The molecule has 2 N–H and O–H groups in total. The third kappa shape index (κ3) is 4.66. The normalized spacial score (nSPS) is 20.0. The number of H-pyrrole nitrogens is 1. The number of hydrogen-bond donors (Lipinski definition) is 2. The lowest BCUT2D eigenvalue weighted by Crippen LogP contribution is -2.39. The molecule has 2 heterocycles. The molecule has 1 aliphatic carbocycles. The third-order valence-electron chi connectivity index (χ3n) is 6.64. The summed E-state index contributed by atoms with van der Waals surface area (Å²) in [5.41, 5.74) is 2.15. The Kier molecular flexibility index (Phi) is 6.29. The Morgan fingerprint density at radius 1 is 0.941 bits per heavy atom. The predicted molar refractivity (Wildman–Crippen MR) is 128 cm³/mol. The Morgan fingerprint density at radius 3 is 2.50 bits per heavy atom. The molecule has 3 amide bonds. The number of aromatic amines is 1. The number of fused-ring (bicyclic) bond motifs is 1. The van der Waals surface area contributed by atoms with E-state index in [0.29, 0.717) is 38.3 Å². The van der Waals surface area contributed by atoms with Crippen molar-refractivity contribution < 1.29 is 14.4 Å². The van der Waals surface area contributed by atoms with E-state index in [1.165, 1.54) is 0 Å². The molecule has 2 aliphatic rings. The lowest BCUT2D eigenvalue weighted by atomic mass is 10.0. The predicted octanol–water partition coefficient (Wildman–Crippen LogP) is 2.90. The largest absolute Gasteiger partial charge is 0.354 e. The first kappa shape index (κ1) is 22.1. The molecular formula is C26H29N5O3. The molecule has 1 aromatic heterocycles. The van der Waals surface area contributed by atoms with Crippen molar-refractivity contribution in [3.05, 3.63) is 65.9 Å². The van der Waals surface area contributed by atoms with Gasteiger partial charge in [0.05, 0.1) is 18.0 Å². The smallest absolute Gasteiger partial charge is 0.275 e. The van der Waals surface area contributed by atoms with Gasteiger partial charge in [-0.1, -0.05) is 48.5 Å². The summed E-state index contributed by atoms with van der Waals surface area (Å²) in [5.74, 6) is -0.141. The summed E-state index contributed by atoms with van der Waals surface area (Å²) >= 11 is 0. The molecule has 1 aliphatic heterocycles. The highest BCUT2D eigenvalue weighted by Gasteiger charge is 2.37. The van der Waals surface area contributed by atoms with Crippen molar-refractivity contribution in [2.75, 3.05) is 26.2 Å². The van der Waals surface area contributed by atoms with Gasteiger partial charge in [-0.3, -0.25) is 19.5 Å². The minimum atomic E-state index is -0.313. The molecule has 3 aromatic rings. The zero-order valence-electron chi connectivity index (χ0n) is 19.1. The van der Waals surface area contributed by atoms with E-state index in [1.54, 1.807) is 4.90 Å². The van der Waals surface area contributed by atoms with Crippen LogP contribution in [0.15, 0.2) is 54.6 Å². The van der Waals surface area contributed by atoms with Crippen molar-refractivity contribution in [3.8, 4) is 0 Å². The average Bonchev–Trinajstić information content (AvgIpc) is 3.63. The van der Waals surface area contributed by atoms with E-state index in [9.17, 15) is 14.4 Å². The van der Waals surface area contributed by atoms with Crippen LogP contribution in [0.1, 0.15) is 47.8 Å². The SMILES string of the molecule is O=C1CC(c2ccccc2)N(C(=O)C2CC2)CCCN(C(=O)c2n[nH]c3ccccc23)CCN1. The molecular weight excluding hydrogens is 430 g/mol. The van der Waals surface area contributed by atoms with Crippen LogP contribution in [0, 0.1) is 5.92 Å². The molecule has 0 bridgehead atoms. The summed E-state index contributed by atoms with van der Waals surface area (Å²) in [6.45, 7) is 1.71. The summed E-state index contributed by atoms with van der Waals surface area (Å²) in [6.07, 6.45) is 2.64. The first-order chi connectivity index (χ1) is 16.6. The number of carbonyl (C=O) groups excluding carboxylic acids is 3. The lowest BCUT2D eigenvalue weighted by Gasteiger charge is -2.32. The van der Waals surface area contributed by atoms with E-state index in [2.05, 4.69) is 15.5 Å². The maximum atomic E-state index is 13.4. The Labute approximate surface area is 198 Å². The Hall–Kier alpha value is -3.68. The van der Waals surface area contributed by atoms with Gasteiger partial charge in [0.15, 0.2) is 5.69 Å². The van der Waals surface area contributed by atoms with Crippen LogP contribution in [0.25, 0.3) is 10.9 Å². The standard InChI is InChI=1S/C26H29N5O3/c32-23-17-22(18-7-2-1-3-8-18)31(25(33)19-11-12-19)15-6-14-30(16-13-27-23)26(34)24-20-9-4-5-10-21(20)28-29-24/h1-5,7-10,19,22H,6,11-17H2,(H,27,32)(H,28,29). The minimum Gasteiger partial charge on any atom is -0.354 e. The van der Waals surface area contributed by atoms with E-state index in [4.69, 9.17) is 0 Å². The highest BCUT2D eigenvalue weighted by molar-refractivity contribution is 6.04. The van der Waals surface area contributed by atoms with Gasteiger partial charge in [0.1, 0.15) is 0 Å². The molecule has 8 nitrogen and oxygen atoms in total.